The minimum atomic E-state index is -3.67. The van der Waals surface area contributed by atoms with E-state index in [1.165, 1.54) is 4.31 Å². The van der Waals surface area contributed by atoms with Crippen LogP contribution in [-0.2, 0) is 16.6 Å². The summed E-state index contributed by atoms with van der Waals surface area (Å²) in [4.78, 5) is 15.0. The Hall–Kier alpha value is -3.23. The fourth-order valence-electron chi connectivity index (χ4n) is 4.59. The Morgan fingerprint density at radius 1 is 0.833 bits per heavy atom. The normalized spacial score (nSPS) is 14.8. The van der Waals surface area contributed by atoms with E-state index in [1.54, 1.807) is 35.2 Å². The van der Waals surface area contributed by atoms with Gasteiger partial charge in [-0.2, -0.15) is 4.31 Å². The van der Waals surface area contributed by atoms with Crippen LogP contribution < -0.4 is 5.73 Å². The van der Waals surface area contributed by atoms with E-state index in [-0.39, 0.29) is 23.9 Å². The highest BCUT2D eigenvalue weighted by Gasteiger charge is 2.30. The summed E-state index contributed by atoms with van der Waals surface area (Å²) in [5.74, 6) is -0.103. The summed E-state index contributed by atoms with van der Waals surface area (Å²) in [7, 11) is -3.67. The number of carbonyl (C=O) groups excluding carboxylic acids is 1. The highest BCUT2D eigenvalue weighted by molar-refractivity contribution is 7.89. The van der Waals surface area contributed by atoms with Crippen molar-refractivity contribution in [1.82, 2.24) is 9.21 Å². The molecule has 0 radical (unpaired) electrons. The summed E-state index contributed by atoms with van der Waals surface area (Å²) in [6, 6.07) is 25.8. The summed E-state index contributed by atoms with van der Waals surface area (Å²) in [6.45, 7) is 1.60. The molecule has 1 amide bonds. The van der Waals surface area contributed by atoms with E-state index in [9.17, 15) is 13.2 Å². The van der Waals surface area contributed by atoms with Crippen LogP contribution in [0.2, 0.25) is 5.02 Å². The van der Waals surface area contributed by atoms with E-state index < -0.39 is 10.0 Å². The molecule has 8 heteroatoms. The van der Waals surface area contributed by atoms with E-state index in [1.807, 2.05) is 54.6 Å². The molecule has 0 saturated carbocycles. The molecule has 1 heterocycles. The number of nitrogens with two attached hydrogens (primary N) is 1. The average molecular weight is 520 g/mol. The van der Waals surface area contributed by atoms with Gasteiger partial charge in [-0.05, 0) is 63.9 Å². The quantitative estimate of drug-likeness (QED) is 0.412. The fraction of sp³-hybridized carbons (Fsp3) is 0.179. The molecule has 4 aromatic carbocycles. The Morgan fingerprint density at radius 2 is 1.50 bits per heavy atom. The summed E-state index contributed by atoms with van der Waals surface area (Å²) < 4.78 is 28.0. The monoisotopic (exact) mass is 519 g/mol. The Balaban J connectivity index is 1.27. The fourth-order valence-corrected chi connectivity index (χ4v) is 6.23. The smallest absolute Gasteiger partial charge is 0.253 e. The number of nitrogens with zero attached hydrogens (tertiary/aromatic N) is 2. The van der Waals surface area contributed by atoms with Gasteiger partial charge in [-0.15, -0.1) is 0 Å². The molecule has 0 spiro atoms. The first-order valence-electron chi connectivity index (χ1n) is 11.7. The van der Waals surface area contributed by atoms with Crippen molar-refractivity contribution in [2.45, 2.75) is 11.4 Å². The van der Waals surface area contributed by atoms with E-state index in [0.29, 0.717) is 30.2 Å². The Labute approximate surface area is 215 Å². The Morgan fingerprint density at radius 3 is 2.22 bits per heavy atom. The van der Waals surface area contributed by atoms with Gasteiger partial charge in [-0.25, -0.2) is 8.42 Å². The lowest BCUT2D eigenvalue weighted by atomic mass is 9.98. The minimum absolute atomic E-state index is 0.103. The zero-order valence-electron chi connectivity index (χ0n) is 19.6. The highest BCUT2D eigenvalue weighted by atomic mass is 35.5. The Bertz CT molecular complexity index is 1530. The molecule has 184 valence electrons. The van der Waals surface area contributed by atoms with E-state index in [0.717, 1.165) is 27.5 Å². The molecule has 0 unspecified atom stereocenters. The summed E-state index contributed by atoms with van der Waals surface area (Å²) in [5.41, 5.74) is 9.53. The molecule has 0 aromatic heterocycles. The minimum Gasteiger partial charge on any atom is -0.336 e. The van der Waals surface area contributed by atoms with Gasteiger partial charge in [-0.1, -0.05) is 60.1 Å². The van der Waals surface area contributed by atoms with Gasteiger partial charge in [0, 0.05) is 43.3 Å². The van der Waals surface area contributed by atoms with Crippen LogP contribution in [0.5, 0.6) is 0 Å². The molecule has 1 aliphatic heterocycles. The first kappa shape index (κ1) is 24.5. The lowest BCUT2D eigenvalue weighted by Crippen LogP contribution is -2.50. The number of hydrogen-bond donors (Lipinski definition) is 1. The zero-order valence-corrected chi connectivity index (χ0v) is 21.2. The molecule has 0 atom stereocenters. The lowest BCUT2D eigenvalue weighted by molar-refractivity contribution is 0.0698. The second-order valence-electron chi connectivity index (χ2n) is 8.79. The SMILES string of the molecule is NCc1ccccc1-c1ccc(C(=O)N2CCN(S(=O)(=O)c3ccc4cc(Cl)ccc4c3)CC2)cc1. The molecule has 6 nitrogen and oxygen atoms in total. The number of halogens is 1. The number of carbonyl (C=O) groups is 1. The van der Waals surface area contributed by atoms with Crippen LogP contribution in [0.25, 0.3) is 21.9 Å². The van der Waals surface area contributed by atoms with Gasteiger partial charge in [0.05, 0.1) is 4.90 Å². The number of piperazine rings is 1. The van der Waals surface area contributed by atoms with Crippen molar-refractivity contribution in [2.24, 2.45) is 5.73 Å². The number of rotatable bonds is 5. The molecular formula is C28H26ClN3O3S. The van der Waals surface area contributed by atoms with Gasteiger partial charge >= 0.3 is 0 Å². The van der Waals surface area contributed by atoms with Gasteiger partial charge in [0.2, 0.25) is 10.0 Å². The summed E-state index contributed by atoms with van der Waals surface area (Å²) in [6.07, 6.45) is 0. The standard InChI is InChI=1S/C28H26ClN3O3S/c29-25-11-9-23-18-26(12-10-22(23)17-25)36(34,35)32-15-13-31(14-16-32)28(33)21-7-5-20(6-8-21)27-4-2-1-3-24(27)19-30/h1-12,17-18H,13-16,19,30H2. The third-order valence-corrected chi connectivity index (χ3v) is 8.75. The molecule has 0 bridgehead atoms. The number of sulfonamides is 1. The topological polar surface area (TPSA) is 83.7 Å². The van der Waals surface area contributed by atoms with Crippen LogP contribution in [0.4, 0.5) is 0 Å². The molecule has 5 rings (SSSR count). The van der Waals surface area contributed by atoms with Gasteiger partial charge in [0.1, 0.15) is 0 Å². The number of fused-ring (bicyclic) bond motifs is 1. The van der Waals surface area contributed by atoms with Gasteiger partial charge in [0.15, 0.2) is 0 Å². The van der Waals surface area contributed by atoms with Crippen molar-refractivity contribution in [3.05, 3.63) is 101 Å². The summed E-state index contributed by atoms with van der Waals surface area (Å²) >= 11 is 6.04. The molecular weight excluding hydrogens is 494 g/mol. The molecule has 36 heavy (non-hydrogen) atoms. The number of hydrogen-bond acceptors (Lipinski definition) is 4. The van der Waals surface area contributed by atoms with Gasteiger partial charge < -0.3 is 10.6 Å². The Kier molecular flexibility index (Phi) is 6.81. The van der Waals surface area contributed by atoms with Crippen molar-refractivity contribution >= 4 is 38.3 Å². The molecule has 0 aliphatic carbocycles. The van der Waals surface area contributed by atoms with Crippen molar-refractivity contribution in [3.63, 3.8) is 0 Å². The van der Waals surface area contributed by atoms with E-state index in [4.69, 9.17) is 17.3 Å². The van der Waals surface area contributed by atoms with Crippen LogP contribution in [0, 0.1) is 0 Å². The van der Waals surface area contributed by atoms with Gasteiger partial charge in [-0.3, -0.25) is 4.79 Å². The lowest BCUT2D eigenvalue weighted by Gasteiger charge is -2.34. The first-order chi connectivity index (χ1) is 17.4. The average Bonchev–Trinajstić information content (AvgIpc) is 2.92. The first-order valence-corrected chi connectivity index (χ1v) is 13.6. The molecule has 1 saturated heterocycles. The number of benzene rings is 4. The van der Waals surface area contributed by atoms with Crippen molar-refractivity contribution < 1.29 is 13.2 Å². The maximum absolute atomic E-state index is 13.3. The third-order valence-electron chi connectivity index (χ3n) is 6.62. The summed E-state index contributed by atoms with van der Waals surface area (Å²) in [5, 5.41) is 2.30. The predicted molar refractivity (Wildman–Crippen MR) is 143 cm³/mol. The van der Waals surface area contributed by atoms with Crippen LogP contribution in [0.15, 0.2) is 89.8 Å². The van der Waals surface area contributed by atoms with Crippen molar-refractivity contribution in [2.75, 3.05) is 26.2 Å². The molecule has 1 aliphatic rings. The predicted octanol–water partition coefficient (Wildman–Crippen LogP) is 4.77. The van der Waals surface area contributed by atoms with E-state index >= 15 is 0 Å². The third kappa shape index (κ3) is 4.75. The number of amides is 1. The molecule has 1 fully saturated rings. The van der Waals surface area contributed by atoms with Crippen LogP contribution in [0.3, 0.4) is 0 Å². The van der Waals surface area contributed by atoms with Crippen LogP contribution >= 0.6 is 11.6 Å². The van der Waals surface area contributed by atoms with Crippen molar-refractivity contribution in [3.8, 4) is 11.1 Å². The second kappa shape index (κ2) is 10.0. The van der Waals surface area contributed by atoms with E-state index in [2.05, 4.69) is 0 Å². The second-order valence-corrected chi connectivity index (χ2v) is 11.2. The van der Waals surface area contributed by atoms with Crippen LogP contribution in [-0.4, -0.2) is 49.7 Å². The maximum atomic E-state index is 13.3. The van der Waals surface area contributed by atoms with Crippen molar-refractivity contribution in [1.29, 1.82) is 0 Å². The highest BCUT2D eigenvalue weighted by Crippen LogP contribution is 2.26. The molecule has 4 aromatic rings. The maximum Gasteiger partial charge on any atom is 0.253 e. The van der Waals surface area contributed by atoms with Gasteiger partial charge in [0.25, 0.3) is 5.91 Å². The van der Waals surface area contributed by atoms with Crippen LogP contribution in [0.1, 0.15) is 15.9 Å². The zero-order chi connectivity index (χ0) is 25.3. The largest absolute Gasteiger partial charge is 0.336 e. The molecule has 2 N–H and O–H groups in total.